The highest BCUT2D eigenvalue weighted by atomic mass is 35.5. The second-order valence-electron chi connectivity index (χ2n) is 4.98. The largest absolute Gasteiger partial charge is 1.00 e. The Kier molecular flexibility index (Phi) is 5.43. The van der Waals surface area contributed by atoms with Crippen molar-refractivity contribution in [2.45, 2.75) is 6.54 Å². The first-order chi connectivity index (χ1) is 10.7. The fraction of sp³-hybridized carbons (Fsp3) is 0.125. The number of nitrogens with zero attached hydrogens (tertiary/aromatic N) is 5. The van der Waals surface area contributed by atoms with E-state index in [1.807, 2.05) is 66.5 Å². The Morgan fingerprint density at radius 1 is 1.09 bits per heavy atom. The van der Waals surface area contributed by atoms with Crippen LogP contribution in [-0.4, -0.2) is 9.78 Å². The van der Waals surface area contributed by atoms with Crippen LogP contribution in [0.25, 0.3) is 0 Å². The Morgan fingerprint density at radius 2 is 1.78 bits per heavy atom. The van der Waals surface area contributed by atoms with Gasteiger partial charge in [0, 0.05) is 12.1 Å². The molecule has 6 nitrogen and oxygen atoms in total. The number of rotatable bonds is 4. The number of halogens is 1. The smallest absolute Gasteiger partial charge is 0.168 e. The molecule has 23 heavy (non-hydrogen) atoms. The van der Waals surface area contributed by atoms with Crippen molar-refractivity contribution >= 4 is 17.2 Å². The lowest BCUT2D eigenvalue weighted by atomic mass is 10.3. The van der Waals surface area contributed by atoms with E-state index in [0.29, 0.717) is 18.1 Å². The average molecular weight is 329 g/mol. The molecule has 3 aromatic rings. The Balaban J connectivity index is 0.00000192. The predicted octanol–water partition coefficient (Wildman–Crippen LogP) is -0.242. The standard InChI is InChI=1S/C16H17N6.ClH/c1-21-9-7-13(8-10-21)12-22-16(17)15(11-18-22)20-19-14-5-3-2-4-6-14;/h2-11H,12,17H2,1H3;1H/q+1;/p-1/b20-19+;. The maximum absolute atomic E-state index is 6.09. The lowest BCUT2D eigenvalue weighted by Gasteiger charge is -2.03. The molecule has 0 radical (unpaired) electrons. The van der Waals surface area contributed by atoms with Crippen molar-refractivity contribution < 1.29 is 17.0 Å². The highest BCUT2D eigenvalue weighted by Crippen LogP contribution is 2.24. The summed E-state index contributed by atoms with van der Waals surface area (Å²) in [5.74, 6) is 0.507. The van der Waals surface area contributed by atoms with Gasteiger partial charge in [0.1, 0.15) is 18.6 Å². The minimum Gasteiger partial charge on any atom is -1.00 e. The molecule has 0 saturated heterocycles. The third kappa shape index (κ3) is 4.14. The summed E-state index contributed by atoms with van der Waals surface area (Å²) in [5, 5.41) is 12.6. The quantitative estimate of drug-likeness (QED) is 0.530. The molecule has 2 heterocycles. The summed E-state index contributed by atoms with van der Waals surface area (Å²) in [6, 6.07) is 13.6. The van der Waals surface area contributed by atoms with E-state index in [0.717, 1.165) is 11.3 Å². The predicted molar refractivity (Wildman–Crippen MR) is 84.0 cm³/mol. The Labute approximate surface area is 140 Å². The van der Waals surface area contributed by atoms with Crippen molar-refractivity contribution in [2.24, 2.45) is 17.3 Å². The van der Waals surface area contributed by atoms with E-state index in [4.69, 9.17) is 5.73 Å². The zero-order valence-electron chi connectivity index (χ0n) is 12.7. The van der Waals surface area contributed by atoms with Crippen molar-refractivity contribution in [1.82, 2.24) is 9.78 Å². The van der Waals surface area contributed by atoms with Crippen LogP contribution in [-0.2, 0) is 13.6 Å². The molecule has 2 aromatic heterocycles. The monoisotopic (exact) mass is 328 g/mol. The summed E-state index contributed by atoms with van der Waals surface area (Å²) in [5.41, 5.74) is 8.57. The zero-order chi connectivity index (χ0) is 15.4. The van der Waals surface area contributed by atoms with Gasteiger partial charge in [-0.3, -0.25) is 0 Å². The Morgan fingerprint density at radius 3 is 2.48 bits per heavy atom. The van der Waals surface area contributed by atoms with Gasteiger partial charge in [-0.2, -0.15) is 10.2 Å². The van der Waals surface area contributed by atoms with Gasteiger partial charge in [-0.15, -0.1) is 5.11 Å². The van der Waals surface area contributed by atoms with Crippen LogP contribution in [0.2, 0.25) is 0 Å². The van der Waals surface area contributed by atoms with Crippen LogP contribution in [0.3, 0.4) is 0 Å². The molecule has 0 aliphatic rings. The molecule has 0 fully saturated rings. The van der Waals surface area contributed by atoms with Crippen LogP contribution >= 0.6 is 0 Å². The number of aryl methyl sites for hydroxylation is 1. The lowest BCUT2D eigenvalue weighted by Crippen LogP contribution is -3.00. The molecule has 0 spiro atoms. The molecule has 0 aliphatic heterocycles. The van der Waals surface area contributed by atoms with Gasteiger partial charge in [0.2, 0.25) is 0 Å². The van der Waals surface area contributed by atoms with E-state index in [1.54, 1.807) is 10.9 Å². The third-order valence-electron chi connectivity index (χ3n) is 3.27. The molecule has 2 N–H and O–H groups in total. The van der Waals surface area contributed by atoms with Crippen molar-refractivity contribution in [3.8, 4) is 0 Å². The van der Waals surface area contributed by atoms with Gasteiger partial charge in [-0.05, 0) is 17.7 Å². The molecule has 0 aliphatic carbocycles. The van der Waals surface area contributed by atoms with Gasteiger partial charge >= 0.3 is 0 Å². The van der Waals surface area contributed by atoms with Crippen LogP contribution in [0.15, 0.2) is 71.3 Å². The number of hydrogen-bond donors (Lipinski definition) is 1. The van der Waals surface area contributed by atoms with Gasteiger partial charge in [-0.1, -0.05) is 18.2 Å². The minimum absolute atomic E-state index is 0. The Bertz CT molecular complexity index is 780. The number of pyridine rings is 1. The van der Waals surface area contributed by atoms with Crippen molar-refractivity contribution in [1.29, 1.82) is 0 Å². The first-order valence-electron chi connectivity index (χ1n) is 6.94. The summed E-state index contributed by atoms with van der Waals surface area (Å²) in [7, 11) is 1.98. The molecule has 0 atom stereocenters. The number of benzene rings is 1. The van der Waals surface area contributed by atoms with E-state index in [9.17, 15) is 0 Å². The molecular formula is C16H17ClN6. The number of aromatic nitrogens is 3. The second-order valence-corrected chi connectivity index (χ2v) is 4.98. The van der Waals surface area contributed by atoms with Gasteiger partial charge in [0.15, 0.2) is 12.4 Å². The molecule has 1 aromatic carbocycles. The summed E-state index contributed by atoms with van der Waals surface area (Å²) in [4.78, 5) is 0. The van der Waals surface area contributed by atoms with Crippen molar-refractivity contribution in [2.75, 3.05) is 5.73 Å². The van der Waals surface area contributed by atoms with Gasteiger partial charge in [0.05, 0.1) is 18.4 Å². The second kappa shape index (κ2) is 7.51. The van der Waals surface area contributed by atoms with Crippen LogP contribution in [0.1, 0.15) is 5.56 Å². The molecule has 0 amide bonds. The maximum Gasteiger partial charge on any atom is 0.168 e. The van der Waals surface area contributed by atoms with E-state index in [1.165, 1.54) is 0 Å². The molecule has 7 heteroatoms. The number of nitrogens with two attached hydrogens (primary N) is 1. The van der Waals surface area contributed by atoms with Gasteiger partial charge < -0.3 is 18.1 Å². The number of hydrogen-bond acceptors (Lipinski definition) is 4. The van der Waals surface area contributed by atoms with E-state index in [2.05, 4.69) is 15.3 Å². The van der Waals surface area contributed by atoms with Crippen LogP contribution in [0.4, 0.5) is 17.2 Å². The van der Waals surface area contributed by atoms with Crippen molar-refractivity contribution in [3.63, 3.8) is 0 Å². The molecule has 0 saturated carbocycles. The summed E-state index contributed by atoms with van der Waals surface area (Å²) < 4.78 is 3.70. The van der Waals surface area contributed by atoms with E-state index >= 15 is 0 Å². The first-order valence-corrected chi connectivity index (χ1v) is 6.94. The molecule has 0 bridgehead atoms. The lowest BCUT2D eigenvalue weighted by molar-refractivity contribution is -0.671. The highest BCUT2D eigenvalue weighted by Gasteiger charge is 2.08. The van der Waals surface area contributed by atoms with Gasteiger partial charge in [0.25, 0.3) is 0 Å². The van der Waals surface area contributed by atoms with Crippen molar-refractivity contribution in [3.05, 3.63) is 66.6 Å². The fourth-order valence-electron chi connectivity index (χ4n) is 2.00. The first kappa shape index (κ1) is 16.6. The summed E-state index contributed by atoms with van der Waals surface area (Å²) in [6.45, 7) is 0.605. The topological polar surface area (TPSA) is 72.4 Å². The fourth-order valence-corrected chi connectivity index (χ4v) is 2.00. The average Bonchev–Trinajstić information content (AvgIpc) is 2.89. The Hall–Kier alpha value is -2.73. The zero-order valence-corrected chi connectivity index (χ0v) is 13.4. The highest BCUT2D eigenvalue weighted by molar-refractivity contribution is 5.56. The number of anilines is 1. The van der Waals surface area contributed by atoms with Gasteiger partial charge in [-0.25, -0.2) is 9.25 Å². The molecule has 0 unspecified atom stereocenters. The van der Waals surface area contributed by atoms with Crippen LogP contribution in [0.5, 0.6) is 0 Å². The normalized spacial score (nSPS) is 10.7. The maximum atomic E-state index is 6.09. The number of nitrogen functional groups attached to an aromatic ring is 1. The summed E-state index contributed by atoms with van der Waals surface area (Å²) in [6.07, 6.45) is 5.61. The molecule has 3 rings (SSSR count). The summed E-state index contributed by atoms with van der Waals surface area (Å²) >= 11 is 0. The number of azo groups is 1. The molecular weight excluding hydrogens is 312 g/mol. The SMILES string of the molecule is C[n+]1ccc(Cn2ncc(/N=N/c3ccccc3)c2N)cc1.[Cl-]. The van der Waals surface area contributed by atoms with E-state index < -0.39 is 0 Å². The minimum atomic E-state index is 0. The van der Waals surface area contributed by atoms with Crippen LogP contribution < -0.4 is 22.7 Å². The van der Waals surface area contributed by atoms with E-state index in [-0.39, 0.29) is 12.4 Å². The third-order valence-corrected chi connectivity index (χ3v) is 3.27. The van der Waals surface area contributed by atoms with Crippen LogP contribution in [0, 0.1) is 0 Å². The molecule has 118 valence electrons.